The highest BCUT2D eigenvalue weighted by Gasteiger charge is 2.27. The smallest absolute Gasteiger partial charge is 0.243 e. The predicted molar refractivity (Wildman–Crippen MR) is 88.9 cm³/mol. The number of aryl methyl sites for hydroxylation is 2. The number of hydrogen-bond acceptors (Lipinski definition) is 3. The summed E-state index contributed by atoms with van der Waals surface area (Å²) in [4.78, 5) is 0.427. The summed E-state index contributed by atoms with van der Waals surface area (Å²) in [5, 5.41) is 0. The highest BCUT2D eigenvalue weighted by atomic mass is 32.2. The highest BCUT2D eigenvalue weighted by Crippen LogP contribution is 2.29. The zero-order chi connectivity index (χ0) is 16.2. The summed E-state index contributed by atoms with van der Waals surface area (Å²) in [6.45, 7) is 7.73. The molecule has 0 unspecified atom stereocenters. The van der Waals surface area contributed by atoms with Crippen LogP contribution in [-0.4, -0.2) is 32.4 Å². The van der Waals surface area contributed by atoms with E-state index in [0.29, 0.717) is 24.6 Å². The average Bonchev–Trinajstić information content (AvgIpc) is 2.77. The summed E-state index contributed by atoms with van der Waals surface area (Å²) in [6.07, 6.45) is 5.08. The normalized spacial score (nSPS) is 17.2. The second-order valence-electron chi connectivity index (χ2n) is 6.05. The molecule has 2 rings (SSSR count). The van der Waals surface area contributed by atoms with E-state index >= 15 is 0 Å². The van der Waals surface area contributed by atoms with Crippen molar-refractivity contribution in [1.82, 2.24) is 4.31 Å². The monoisotopic (exact) mass is 325 g/mol. The number of nitrogens with zero attached hydrogens (tertiary/aromatic N) is 1. The maximum atomic E-state index is 12.9. The maximum absolute atomic E-state index is 12.9. The van der Waals surface area contributed by atoms with E-state index in [1.807, 2.05) is 19.9 Å². The van der Waals surface area contributed by atoms with Crippen LogP contribution in [-0.2, 0) is 10.0 Å². The molecule has 5 heteroatoms. The van der Waals surface area contributed by atoms with Crippen molar-refractivity contribution in [3.63, 3.8) is 0 Å². The molecule has 1 saturated heterocycles. The van der Waals surface area contributed by atoms with Crippen LogP contribution in [0.1, 0.15) is 50.2 Å². The molecule has 0 saturated carbocycles. The van der Waals surface area contributed by atoms with E-state index in [2.05, 4.69) is 6.92 Å². The number of hydrogen-bond donors (Lipinski definition) is 0. The molecular weight excluding hydrogens is 298 g/mol. The Morgan fingerprint density at radius 2 is 1.68 bits per heavy atom. The Hall–Kier alpha value is -1.07. The molecule has 1 heterocycles. The van der Waals surface area contributed by atoms with Crippen LogP contribution < -0.4 is 4.74 Å². The van der Waals surface area contributed by atoms with E-state index in [4.69, 9.17) is 4.74 Å². The Kier molecular flexibility index (Phi) is 5.87. The lowest BCUT2D eigenvalue weighted by Gasteiger charge is -2.22. The van der Waals surface area contributed by atoms with Crippen LogP contribution in [0.2, 0.25) is 0 Å². The third-order valence-electron chi connectivity index (χ3n) is 4.12. The molecule has 1 aliphatic rings. The Balaban J connectivity index is 2.32. The van der Waals surface area contributed by atoms with Gasteiger partial charge in [-0.25, -0.2) is 8.42 Å². The molecular formula is C17H27NO3S. The van der Waals surface area contributed by atoms with Crippen LogP contribution in [0.15, 0.2) is 17.0 Å². The summed E-state index contributed by atoms with van der Waals surface area (Å²) in [5.74, 6) is 0.786. The SMILES string of the molecule is CCCOc1cc(C)c(S(=O)(=O)N2CCCCCC2)cc1C. The standard InChI is InChI=1S/C17H27NO3S/c1-4-11-21-16-12-15(3)17(13-14(16)2)22(19,20)18-9-7-5-6-8-10-18/h12-13H,4-11H2,1-3H3. The maximum Gasteiger partial charge on any atom is 0.243 e. The first-order chi connectivity index (χ1) is 10.5. The van der Waals surface area contributed by atoms with E-state index in [9.17, 15) is 8.42 Å². The highest BCUT2D eigenvalue weighted by molar-refractivity contribution is 7.89. The molecule has 22 heavy (non-hydrogen) atoms. The molecule has 0 amide bonds. The average molecular weight is 325 g/mol. The van der Waals surface area contributed by atoms with Gasteiger partial charge >= 0.3 is 0 Å². The topological polar surface area (TPSA) is 46.6 Å². The van der Waals surface area contributed by atoms with Gasteiger partial charge in [-0.15, -0.1) is 0 Å². The van der Waals surface area contributed by atoms with Crippen molar-refractivity contribution < 1.29 is 13.2 Å². The Morgan fingerprint density at radius 1 is 1.05 bits per heavy atom. The largest absolute Gasteiger partial charge is 0.493 e. The van der Waals surface area contributed by atoms with E-state index in [0.717, 1.165) is 49.0 Å². The van der Waals surface area contributed by atoms with Crippen molar-refractivity contribution in [3.8, 4) is 5.75 Å². The second-order valence-corrected chi connectivity index (χ2v) is 7.96. The Morgan fingerprint density at radius 3 is 2.27 bits per heavy atom. The number of rotatable bonds is 5. The molecule has 0 aromatic heterocycles. The molecule has 4 nitrogen and oxygen atoms in total. The van der Waals surface area contributed by atoms with Gasteiger partial charge in [-0.05, 0) is 56.4 Å². The fraction of sp³-hybridized carbons (Fsp3) is 0.647. The van der Waals surface area contributed by atoms with Crippen molar-refractivity contribution in [3.05, 3.63) is 23.3 Å². The second kappa shape index (κ2) is 7.47. The summed E-state index contributed by atoms with van der Waals surface area (Å²) < 4.78 is 33.2. The fourth-order valence-electron chi connectivity index (χ4n) is 2.83. The van der Waals surface area contributed by atoms with Gasteiger partial charge in [0.05, 0.1) is 11.5 Å². The van der Waals surface area contributed by atoms with Crippen molar-refractivity contribution in [2.45, 2.75) is 57.8 Å². The lowest BCUT2D eigenvalue weighted by atomic mass is 10.1. The van der Waals surface area contributed by atoms with Crippen LogP contribution in [0, 0.1) is 13.8 Å². The van der Waals surface area contributed by atoms with Gasteiger partial charge in [0.15, 0.2) is 0 Å². The fourth-order valence-corrected chi connectivity index (χ4v) is 4.64. The van der Waals surface area contributed by atoms with Gasteiger partial charge in [0.1, 0.15) is 5.75 Å². The van der Waals surface area contributed by atoms with E-state index < -0.39 is 10.0 Å². The Bertz CT molecular complexity index is 603. The first-order valence-corrected chi connectivity index (χ1v) is 9.65. The molecule has 1 aliphatic heterocycles. The summed E-state index contributed by atoms with van der Waals surface area (Å²) >= 11 is 0. The minimum atomic E-state index is -3.40. The third-order valence-corrected chi connectivity index (χ3v) is 6.16. The van der Waals surface area contributed by atoms with Gasteiger partial charge < -0.3 is 4.74 Å². The van der Waals surface area contributed by atoms with Crippen LogP contribution in [0.25, 0.3) is 0 Å². The zero-order valence-corrected chi connectivity index (χ0v) is 14.7. The van der Waals surface area contributed by atoms with Crippen molar-refractivity contribution in [1.29, 1.82) is 0 Å². The van der Waals surface area contributed by atoms with Gasteiger partial charge in [0.25, 0.3) is 0 Å². The number of ether oxygens (including phenoxy) is 1. The first-order valence-electron chi connectivity index (χ1n) is 8.21. The molecule has 0 spiro atoms. The molecule has 1 fully saturated rings. The molecule has 1 aromatic carbocycles. The van der Waals surface area contributed by atoms with Gasteiger partial charge in [-0.1, -0.05) is 19.8 Å². The summed E-state index contributed by atoms with van der Waals surface area (Å²) in [7, 11) is -3.40. The van der Waals surface area contributed by atoms with Crippen molar-refractivity contribution >= 4 is 10.0 Å². The molecule has 1 aromatic rings. The van der Waals surface area contributed by atoms with Gasteiger partial charge in [0, 0.05) is 13.1 Å². The van der Waals surface area contributed by atoms with Gasteiger partial charge in [-0.2, -0.15) is 4.31 Å². The molecule has 124 valence electrons. The molecule has 0 N–H and O–H groups in total. The number of sulfonamides is 1. The van der Waals surface area contributed by atoms with E-state index in [1.54, 1.807) is 10.4 Å². The number of benzene rings is 1. The van der Waals surface area contributed by atoms with Gasteiger partial charge in [0.2, 0.25) is 10.0 Å². The Labute approximate surface area is 134 Å². The molecule has 0 bridgehead atoms. The quantitative estimate of drug-likeness (QED) is 0.830. The van der Waals surface area contributed by atoms with Crippen LogP contribution in [0.3, 0.4) is 0 Å². The van der Waals surface area contributed by atoms with Crippen molar-refractivity contribution in [2.75, 3.05) is 19.7 Å². The summed E-state index contributed by atoms with van der Waals surface area (Å²) in [6, 6.07) is 3.62. The first kappa shape index (κ1) is 17.3. The lowest BCUT2D eigenvalue weighted by Crippen LogP contribution is -2.32. The summed E-state index contributed by atoms with van der Waals surface area (Å²) in [5.41, 5.74) is 1.65. The van der Waals surface area contributed by atoms with Crippen LogP contribution in [0.5, 0.6) is 5.75 Å². The van der Waals surface area contributed by atoms with Crippen LogP contribution in [0.4, 0.5) is 0 Å². The third kappa shape index (κ3) is 3.82. The lowest BCUT2D eigenvalue weighted by molar-refractivity contribution is 0.315. The zero-order valence-electron chi connectivity index (χ0n) is 13.9. The predicted octanol–water partition coefficient (Wildman–Crippen LogP) is 3.66. The van der Waals surface area contributed by atoms with E-state index in [1.165, 1.54) is 0 Å². The van der Waals surface area contributed by atoms with Crippen LogP contribution >= 0.6 is 0 Å². The van der Waals surface area contributed by atoms with E-state index in [-0.39, 0.29) is 0 Å². The van der Waals surface area contributed by atoms with Gasteiger partial charge in [-0.3, -0.25) is 0 Å². The molecule has 0 atom stereocenters. The molecule has 0 aliphatic carbocycles. The molecule has 0 radical (unpaired) electrons. The minimum absolute atomic E-state index is 0.427. The minimum Gasteiger partial charge on any atom is -0.493 e. The van der Waals surface area contributed by atoms with Crippen molar-refractivity contribution in [2.24, 2.45) is 0 Å².